The van der Waals surface area contributed by atoms with Gasteiger partial charge in [0.1, 0.15) is 11.8 Å². The molecule has 6 heteroatoms. The summed E-state index contributed by atoms with van der Waals surface area (Å²) in [5, 5.41) is 13.4. The van der Waals surface area contributed by atoms with Crippen molar-refractivity contribution in [2.75, 3.05) is 29.9 Å². The number of carbonyl (C=O) groups excluding carboxylic acids is 2. The van der Waals surface area contributed by atoms with E-state index in [-0.39, 0.29) is 23.0 Å². The van der Waals surface area contributed by atoms with E-state index in [1.807, 2.05) is 20.8 Å². The van der Waals surface area contributed by atoms with Gasteiger partial charge < -0.3 is 20.2 Å². The lowest BCUT2D eigenvalue weighted by Crippen LogP contribution is -2.46. The molecule has 0 bridgehead atoms. The first-order valence-electron chi connectivity index (χ1n) is 12.7. The summed E-state index contributed by atoms with van der Waals surface area (Å²) in [4.78, 5) is 31.5. The Morgan fingerprint density at radius 3 is 2.37 bits per heavy atom. The molecular formula is C29H39N3O3. The van der Waals surface area contributed by atoms with Gasteiger partial charge in [0, 0.05) is 37.4 Å². The van der Waals surface area contributed by atoms with E-state index in [9.17, 15) is 14.7 Å². The molecule has 2 N–H and O–H groups in total. The van der Waals surface area contributed by atoms with Crippen LogP contribution in [0.4, 0.5) is 11.4 Å². The fourth-order valence-electron chi connectivity index (χ4n) is 5.28. The van der Waals surface area contributed by atoms with E-state index in [0.717, 1.165) is 47.5 Å². The minimum absolute atomic E-state index is 0.00432. The van der Waals surface area contributed by atoms with Crippen molar-refractivity contribution in [1.82, 2.24) is 4.90 Å². The molecule has 0 spiro atoms. The number of aromatic hydroxyl groups is 1. The molecule has 4 rings (SSSR count). The molecule has 1 atom stereocenters. The van der Waals surface area contributed by atoms with Crippen LogP contribution in [0.1, 0.15) is 73.9 Å². The maximum atomic E-state index is 13.9. The van der Waals surface area contributed by atoms with Crippen molar-refractivity contribution >= 4 is 23.2 Å². The molecule has 2 heterocycles. The average Bonchev–Trinajstić information content (AvgIpc) is 3.33. The zero-order valence-corrected chi connectivity index (χ0v) is 22.0. The van der Waals surface area contributed by atoms with E-state index in [1.54, 1.807) is 11.0 Å². The predicted molar refractivity (Wildman–Crippen MR) is 141 cm³/mol. The third kappa shape index (κ3) is 5.16. The fourth-order valence-corrected chi connectivity index (χ4v) is 5.28. The lowest BCUT2D eigenvalue weighted by molar-refractivity contribution is -0.141. The molecule has 0 saturated carbocycles. The van der Waals surface area contributed by atoms with Crippen molar-refractivity contribution in [3.8, 4) is 5.75 Å². The number of phenols is 1. The molecule has 2 aliphatic rings. The summed E-state index contributed by atoms with van der Waals surface area (Å²) in [5.41, 5.74) is 5.97. The fraction of sp³-hybridized carbons (Fsp3) is 0.517. The molecule has 1 saturated heterocycles. The van der Waals surface area contributed by atoms with Gasteiger partial charge in [-0.15, -0.1) is 0 Å². The van der Waals surface area contributed by atoms with Gasteiger partial charge in [0.15, 0.2) is 0 Å². The van der Waals surface area contributed by atoms with Crippen molar-refractivity contribution in [2.45, 2.75) is 73.3 Å². The summed E-state index contributed by atoms with van der Waals surface area (Å²) in [5.74, 6) is 0.0461. The molecule has 2 aromatic rings. The van der Waals surface area contributed by atoms with E-state index in [4.69, 9.17) is 0 Å². The number of hydrogen-bond donors (Lipinski definition) is 2. The summed E-state index contributed by atoms with van der Waals surface area (Å²) < 4.78 is 0. The van der Waals surface area contributed by atoms with Gasteiger partial charge in [-0.3, -0.25) is 9.59 Å². The van der Waals surface area contributed by atoms with E-state index < -0.39 is 6.04 Å². The average molecular weight is 478 g/mol. The van der Waals surface area contributed by atoms with E-state index in [1.165, 1.54) is 12.8 Å². The Labute approximate surface area is 209 Å². The first-order valence-corrected chi connectivity index (χ1v) is 12.7. The van der Waals surface area contributed by atoms with Crippen molar-refractivity contribution in [3.63, 3.8) is 0 Å². The second-order valence-corrected chi connectivity index (χ2v) is 11.4. The number of hydrogen-bond acceptors (Lipinski definition) is 4. The Bertz CT molecular complexity index is 1140. The summed E-state index contributed by atoms with van der Waals surface area (Å²) >= 11 is 0. The smallest absolute Gasteiger partial charge is 0.251 e. The molecule has 188 valence electrons. The van der Waals surface area contributed by atoms with Crippen LogP contribution < -0.4 is 10.2 Å². The number of phenolic OH excluding ortho intramolecular Hbond substituents is 1. The molecular weight excluding hydrogens is 438 g/mol. The Kier molecular flexibility index (Phi) is 6.85. The molecule has 35 heavy (non-hydrogen) atoms. The van der Waals surface area contributed by atoms with Crippen molar-refractivity contribution < 1.29 is 14.7 Å². The number of amides is 2. The maximum absolute atomic E-state index is 13.9. The zero-order valence-electron chi connectivity index (χ0n) is 22.0. The second-order valence-electron chi connectivity index (χ2n) is 11.4. The van der Waals surface area contributed by atoms with Gasteiger partial charge in [-0.2, -0.15) is 0 Å². The van der Waals surface area contributed by atoms with Gasteiger partial charge in [-0.05, 0) is 91.5 Å². The lowest BCUT2D eigenvalue weighted by atomic mass is 9.87. The molecule has 0 aromatic heterocycles. The quantitative estimate of drug-likeness (QED) is 0.577. The number of fused-ring (bicyclic) bond motifs is 1. The van der Waals surface area contributed by atoms with Crippen LogP contribution in [0.2, 0.25) is 0 Å². The molecule has 2 aliphatic heterocycles. The van der Waals surface area contributed by atoms with Gasteiger partial charge in [0.2, 0.25) is 5.91 Å². The summed E-state index contributed by atoms with van der Waals surface area (Å²) in [6.07, 6.45) is 3.48. The largest absolute Gasteiger partial charge is 0.507 e. The number of carbonyl (C=O) groups is 2. The van der Waals surface area contributed by atoms with Crippen LogP contribution in [-0.4, -0.2) is 41.5 Å². The number of benzene rings is 2. The Morgan fingerprint density at radius 2 is 1.71 bits per heavy atom. The number of nitrogens with zero attached hydrogens (tertiary/aromatic N) is 2. The lowest BCUT2D eigenvalue weighted by Gasteiger charge is -2.38. The minimum atomic E-state index is -0.690. The highest BCUT2D eigenvalue weighted by molar-refractivity contribution is 5.99. The predicted octanol–water partition coefficient (Wildman–Crippen LogP) is 5.42. The summed E-state index contributed by atoms with van der Waals surface area (Å²) in [6, 6.07) is 7.53. The normalized spacial score (nSPS) is 17.9. The maximum Gasteiger partial charge on any atom is 0.251 e. The third-order valence-corrected chi connectivity index (χ3v) is 7.39. The Morgan fingerprint density at radius 1 is 1.03 bits per heavy atom. The van der Waals surface area contributed by atoms with Gasteiger partial charge in [-0.25, -0.2) is 0 Å². The highest BCUT2D eigenvalue weighted by Crippen LogP contribution is 2.37. The van der Waals surface area contributed by atoms with Gasteiger partial charge in [-0.1, -0.05) is 26.8 Å². The van der Waals surface area contributed by atoms with Gasteiger partial charge >= 0.3 is 0 Å². The van der Waals surface area contributed by atoms with Gasteiger partial charge in [0.25, 0.3) is 5.91 Å². The Balaban J connectivity index is 1.74. The van der Waals surface area contributed by atoms with E-state index in [0.29, 0.717) is 24.2 Å². The number of rotatable bonds is 4. The standard InChI is InChI=1S/C29H39N3O3/c1-18-15-24(19(2)20(3)27(18)34)30-28(35)26-23-16-22(31-12-7-8-13-31)10-9-21(23)11-14-32(26)25(33)17-29(4,5)6/h9-10,15-16,26,34H,7-8,11-14,17H2,1-6H3,(H,30,35). The van der Waals surface area contributed by atoms with Crippen LogP contribution >= 0.6 is 0 Å². The van der Waals surface area contributed by atoms with Crippen LogP contribution in [0.25, 0.3) is 0 Å². The first-order chi connectivity index (χ1) is 16.5. The molecule has 2 aromatic carbocycles. The van der Waals surface area contributed by atoms with Crippen molar-refractivity contribution in [3.05, 3.63) is 52.1 Å². The van der Waals surface area contributed by atoms with Gasteiger partial charge in [0.05, 0.1) is 0 Å². The second kappa shape index (κ2) is 9.56. The molecule has 1 fully saturated rings. The van der Waals surface area contributed by atoms with Crippen molar-refractivity contribution in [2.24, 2.45) is 5.41 Å². The summed E-state index contributed by atoms with van der Waals surface area (Å²) in [6.45, 7) is 14.3. The molecule has 6 nitrogen and oxygen atoms in total. The number of aryl methyl sites for hydroxylation is 1. The topological polar surface area (TPSA) is 72.9 Å². The van der Waals surface area contributed by atoms with Crippen LogP contribution in [0.15, 0.2) is 24.3 Å². The molecule has 2 amide bonds. The van der Waals surface area contributed by atoms with E-state index >= 15 is 0 Å². The highest BCUT2D eigenvalue weighted by Gasteiger charge is 2.37. The minimum Gasteiger partial charge on any atom is -0.507 e. The highest BCUT2D eigenvalue weighted by atomic mass is 16.3. The summed E-state index contributed by atoms with van der Waals surface area (Å²) in [7, 11) is 0. The van der Waals surface area contributed by atoms with Crippen LogP contribution in [-0.2, 0) is 16.0 Å². The molecule has 0 aliphatic carbocycles. The first kappa shape index (κ1) is 25.1. The number of anilines is 2. The number of nitrogens with one attached hydrogen (secondary N) is 1. The third-order valence-electron chi connectivity index (χ3n) is 7.39. The monoisotopic (exact) mass is 477 g/mol. The molecule has 0 radical (unpaired) electrons. The zero-order chi connectivity index (χ0) is 25.5. The Hall–Kier alpha value is -3.02. The van der Waals surface area contributed by atoms with Crippen LogP contribution in [0, 0.1) is 26.2 Å². The van der Waals surface area contributed by atoms with E-state index in [2.05, 4.69) is 49.2 Å². The SMILES string of the molecule is Cc1cc(NC(=O)C2c3cc(N4CCCC4)ccc3CCN2C(=O)CC(C)(C)C)c(C)c(C)c1O. The molecule has 1 unspecified atom stereocenters. The van der Waals surface area contributed by atoms with Crippen LogP contribution in [0.5, 0.6) is 5.75 Å². The van der Waals surface area contributed by atoms with Crippen LogP contribution in [0.3, 0.4) is 0 Å². The van der Waals surface area contributed by atoms with Crippen molar-refractivity contribution in [1.29, 1.82) is 0 Å².